The van der Waals surface area contributed by atoms with Crippen LogP contribution in [0.4, 0.5) is 0 Å². The van der Waals surface area contributed by atoms with E-state index in [2.05, 4.69) is 10.4 Å². The Balaban J connectivity index is 1.82. The van der Waals surface area contributed by atoms with E-state index in [0.29, 0.717) is 22.8 Å². The fraction of sp³-hybridized carbons (Fsp3) is 0.450. The minimum Gasteiger partial charge on any atom is -0.497 e. The third kappa shape index (κ3) is 4.67. The van der Waals surface area contributed by atoms with Gasteiger partial charge in [0.05, 0.1) is 19.9 Å². The summed E-state index contributed by atoms with van der Waals surface area (Å²) < 4.78 is 11.8. The highest BCUT2D eigenvalue weighted by Gasteiger charge is 2.17. The van der Waals surface area contributed by atoms with Crippen LogP contribution in [-0.2, 0) is 11.3 Å². The highest BCUT2D eigenvalue weighted by Crippen LogP contribution is 2.31. The lowest BCUT2D eigenvalue weighted by Gasteiger charge is -2.22. The summed E-state index contributed by atoms with van der Waals surface area (Å²) >= 11 is 0. The van der Waals surface area contributed by atoms with Crippen molar-refractivity contribution in [3.8, 4) is 22.8 Å². The Labute approximate surface area is 158 Å². The molecule has 1 aliphatic rings. The smallest absolute Gasteiger partial charge is 0.267 e. The highest BCUT2D eigenvalue weighted by atomic mass is 16.5. The van der Waals surface area contributed by atoms with Crippen molar-refractivity contribution >= 4 is 5.91 Å². The molecule has 0 bridgehead atoms. The number of ether oxygens (including phenoxy) is 2. The maximum atomic E-state index is 12.3. The molecule has 1 saturated carbocycles. The molecule has 0 saturated heterocycles. The number of rotatable bonds is 6. The second kappa shape index (κ2) is 8.70. The summed E-state index contributed by atoms with van der Waals surface area (Å²) in [6.45, 7) is -0.102. The van der Waals surface area contributed by atoms with Crippen LogP contribution in [0.3, 0.4) is 0 Å². The molecule has 27 heavy (non-hydrogen) atoms. The number of hydrogen-bond acceptors (Lipinski definition) is 5. The molecule has 1 fully saturated rings. The number of nitrogens with zero attached hydrogens (tertiary/aromatic N) is 2. The Morgan fingerprint density at radius 2 is 1.93 bits per heavy atom. The lowest BCUT2D eigenvalue weighted by Crippen LogP contribution is -2.40. The molecule has 1 aromatic carbocycles. The zero-order chi connectivity index (χ0) is 19.2. The van der Waals surface area contributed by atoms with Gasteiger partial charge in [-0.15, -0.1) is 0 Å². The van der Waals surface area contributed by atoms with Gasteiger partial charge in [-0.2, -0.15) is 5.10 Å². The van der Waals surface area contributed by atoms with Crippen LogP contribution in [0, 0.1) is 0 Å². The second-order valence-electron chi connectivity index (χ2n) is 6.68. The van der Waals surface area contributed by atoms with Crippen LogP contribution in [0.25, 0.3) is 11.3 Å². The topological polar surface area (TPSA) is 82.5 Å². The Bertz CT molecular complexity index is 857. The Morgan fingerprint density at radius 1 is 1.15 bits per heavy atom. The van der Waals surface area contributed by atoms with E-state index in [1.54, 1.807) is 38.5 Å². The molecular weight excluding hydrogens is 346 g/mol. The largest absolute Gasteiger partial charge is 0.497 e. The fourth-order valence-electron chi connectivity index (χ4n) is 3.38. The van der Waals surface area contributed by atoms with E-state index in [9.17, 15) is 9.59 Å². The number of carbonyl (C=O) groups is 1. The molecule has 1 aromatic heterocycles. The summed E-state index contributed by atoms with van der Waals surface area (Å²) in [6.07, 6.45) is 5.48. The van der Waals surface area contributed by atoms with Crippen LogP contribution in [-0.4, -0.2) is 35.9 Å². The number of benzene rings is 1. The lowest BCUT2D eigenvalue weighted by atomic mass is 9.95. The quantitative estimate of drug-likeness (QED) is 0.843. The molecule has 0 atom stereocenters. The number of hydrogen-bond donors (Lipinski definition) is 1. The molecule has 144 valence electrons. The van der Waals surface area contributed by atoms with Crippen molar-refractivity contribution in [1.29, 1.82) is 0 Å². The molecule has 7 heteroatoms. The molecule has 1 amide bonds. The Morgan fingerprint density at radius 3 is 2.63 bits per heavy atom. The van der Waals surface area contributed by atoms with E-state index < -0.39 is 0 Å². The van der Waals surface area contributed by atoms with Crippen molar-refractivity contribution in [1.82, 2.24) is 15.1 Å². The maximum Gasteiger partial charge on any atom is 0.267 e. The summed E-state index contributed by atoms with van der Waals surface area (Å²) in [4.78, 5) is 24.5. The number of aromatic nitrogens is 2. The highest BCUT2D eigenvalue weighted by molar-refractivity contribution is 5.76. The first-order valence-corrected chi connectivity index (χ1v) is 9.20. The van der Waals surface area contributed by atoms with Crippen LogP contribution in [0.1, 0.15) is 32.1 Å². The molecule has 1 N–H and O–H groups in total. The molecule has 0 spiro atoms. The van der Waals surface area contributed by atoms with Crippen molar-refractivity contribution in [3.05, 3.63) is 40.7 Å². The van der Waals surface area contributed by atoms with Gasteiger partial charge in [-0.05, 0) is 37.1 Å². The van der Waals surface area contributed by atoms with Gasteiger partial charge in [-0.3, -0.25) is 9.59 Å². The first-order chi connectivity index (χ1) is 13.1. The maximum absolute atomic E-state index is 12.3. The summed E-state index contributed by atoms with van der Waals surface area (Å²) in [6, 6.07) is 8.59. The van der Waals surface area contributed by atoms with Crippen LogP contribution in [0.5, 0.6) is 11.5 Å². The van der Waals surface area contributed by atoms with Crippen molar-refractivity contribution in [3.63, 3.8) is 0 Å². The van der Waals surface area contributed by atoms with E-state index in [1.165, 1.54) is 17.2 Å². The summed E-state index contributed by atoms with van der Waals surface area (Å²) in [5.41, 5.74) is 0.911. The van der Waals surface area contributed by atoms with E-state index >= 15 is 0 Å². The standard InChI is InChI=1S/C20H25N3O4/c1-26-15-8-10-18(27-2)16(12-15)17-9-11-20(25)23(22-17)13-19(24)21-14-6-4-3-5-7-14/h8-12,14H,3-7,13H2,1-2H3,(H,21,24). The van der Waals surface area contributed by atoms with Crippen molar-refractivity contribution in [2.45, 2.75) is 44.7 Å². The number of methoxy groups -OCH3 is 2. The van der Waals surface area contributed by atoms with Gasteiger partial charge in [0.2, 0.25) is 5.91 Å². The van der Waals surface area contributed by atoms with E-state index in [1.807, 2.05) is 0 Å². The van der Waals surface area contributed by atoms with Crippen LogP contribution < -0.4 is 20.3 Å². The minimum atomic E-state index is -0.320. The van der Waals surface area contributed by atoms with Crippen LogP contribution in [0.2, 0.25) is 0 Å². The van der Waals surface area contributed by atoms with Crippen molar-refractivity contribution in [2.75, 3.05) is 14.2 Å². The van der Waals surface area contributed by atoms with Gasteiger partial charge in [0.15, 0.2) is 0 Å². The van der Waals surface area contributed by atoms with Gasteiger partial charge in [0.25, 0.3) is 5.56 Å². The van der Waals surface area contributed by atoms with Crippen LogP contribution >= 0.6 is 0 Å². The Kier molecular flexibility index (Phi) is 6.11. The predicted molar refractivity (Wildman–Crippen MR) is 102 cm³/mol. The number of amides is 1. The van der Waals surface area contributed by atoms with Gasteiger partial charge in [-0.1, -0.05) is 19.3 Å². The zero-order valence-corrected chi connectivity index (χ0v) is 15.7. The average molecular weight is 371 g/mol. The third-order valence-corrected chi connectivity index (χ3v) is 4.81. The molecule has 7 nitrogen and oxygen atoms in total. The Hall–Kier alpha value is -2.83. The van der Waals surface area contributed by atoms with E-state index in [-0.39, 0.29) is 24.1 Å². The normalized spacial score (nSPS) is 14.6. The number of nitrogens with one attached hydrogen (secondary N) is 1. The van der Waals surface area contributed by atoms with Crippen molar-refractivity contribution < 1.29 is 14.3 Å². The van der Waals surface area contributed by atoms with E-state index in [4.69, 9.17) is 9.47 Å². The molecule has 1 aliphatic carbocycles. The first kappa shape index (κ1) is 18.9. The molecule has 0 unspecified atom stereocenters. The molecule has 3 rings (SSSR count). The monoisotopic (exact) mass is 371 g/mol. The summed E-state index contributed by atoms with van der Waals surface area (Å²) in [5.74, 6) is 1.08. The zero-order valence-electron chi connectivity index (χ0n) is 15.7. The summed E-state index contributed by atoms with van der Waals surface area (Å²) in [5, 5.41) is 7.38. The minimum absolute atomic E-state index is 0.102. The van der Waals surface area contributed by atoms with Gasteiger partial charge in [0.1, 0.15) is 18.0 Å². The molecule has 1 heterocycles. The fourth-order valence-corrected chi connectivity index (χ4v) is 3.38. The molecule has 2 aromatic rings. The van der Waals surface area contributed by atoms with E-state index in [0.717, 1.165) is 25.7 Å². The molecular formula is C20H25N3O4. The number of carbonyl (C=O) groups excluding carboxylic acids is 1. The lowest BCUT2D eigenvalue weighted by molar-refractivity contribution is -0.122. The third-order valence-electron chi connectivity index (χ3n) is 4.81. The van der Waals surface area contributed by atoms with Crippen LogP contribution in [0.15, 0.2) is 35.1 Å². The SMILES string of the molecule is COc1ccc(OC)c(-c2ccc(=O)n(CC(=O)NC3CCCCC3)n2)c1. The average Bonchev–Trinajstić information content (AvgIpc) is 2.70. The summed E-state index contributed by atoms with van der Waals surface area (Å²) in [7, 11) is 3.15. The second-order valence-corrected chi connectivity index (χ2v) is 6.68. The van der Waals surface area contributed by atoms with Crippen molar-refractivity contribution in [2.24, 2.45) is 0 Å². The van der Waals surface area contributed by atoms with Gasteiger partial charge < -0.3 is 14.8 Å². The predicted octanol–water partition coefficient (Wildman–Crippen LogP) is 2.38. The first-order valence-electron chi connectivity index (χ1n) is 9.20. The van der Waals surface area contributed by atoms with Gasteiger partial charge in [0, 0.05) is 17.7 Å². The van der Waals surface area contributed by atoms with Gasteiger partial charge >= 0.3 is 0 Å². The van der Waals surface area contributed by atoms with Gasteiger partial charge in [-0.25, -0.2) is 4.68 Å². The molecule has 0 aliphatic heterocycles. The molecule has 0 radical (unpaired) electrons.